The molecular weight excluding hydrogens is 522 g/mol. The van der Waals surface area contributed by atoms with Crippen molar-refractivity contribution >= 4 is 27.5 Å². The second-order valence-electron chi connectivity index (χ2n) is 9.06. The predicted octanol–water partition coefficient (Wildman–Crippen LogP) is 2.20. The maximum atomic E-state index is 13.2. The fraction of sp³-hybridized carbons (Fsp3) is 0.286. The number of nitrogens with zero attached hydrogens (tertiary/aromatic N) is 2. The lowest BCUT2D eigenvalue weighted by molar-refractivity contribution is -0.128. The van der Waals surface area contributed by atoms with Crippen LogP contribution in [0.2, 0.25) is 0 Å². The maximum Gasteiger partial charge on any atom is 0.265 e. The van der Waals surface area contributed by atoms with Crippen molar-refractivity contribution in [3.8, 4) is 11.5 Å². The van der Waals surface area contributed by atoms with Crippen LogP contribution < -0.4 is 19.7 Å². The molecule has 39 heavy (non-hydrogen) atoms. The highest BCUT2D eigenvalue weighted by molar-refractivity contribution is 7.89. The van der Waals surface area contributed by atoms with E-state index in [0.717, 1.165) is 5.56 Å². The minimum absolute atomic E-state index is 0.0244. The molecule has 0 spiro atoms. The van der Waals surface area contributed by atoms with E-state index in [4.69, 9.17) is 14.2 Å². The maximum absolute atomic E-state index is 13.2. The molecule has 0 radical (unpaired) electrons. The van der Waals surface area contributed by atoms with Crippen LogP contribution in [-0.4, -0.2) is 70.1 Å². The lowest BCUT2D eigenvalue weighted by Crippen LogP contribution is -2.51. The number of fused-ring (bicyclic) bond motifs is 1. The molecule has 0 bridgehead atoms. The summed E-state index contributed by atoms with van der Waals surface area (Å²) in [6.07, 6.45) is -0.891. The van der Waals surface area contributed by atoms with Crippen molar-refractivity contribution in [2.75, 3.05) is 44.4 Å². The van der Waals surface area contributed by atoms with E-state index in [1.54, 1.807) is 24.3 Å². The molecule has 2 aliphatic heterocycles. The number of carbonyl (C=O) groups excluding carboxylic acids is 2. The summed E-state index contributed by atoms with van der Waals surface area (Å²) in [4.78, 5) is 27.7. The smallest absolute Gasteiger partial charge is 0.265 e. The number of hydrogen-bond donors (Lipinski definition) is 1. The van der Waals surface area contributed by atoms with Gasteiger partial charge in [-0.1, -0.05) is 42.5 Å². The zero-order valence-corrected chi connectivity index (χ0v) is 22.0. The highest BCUT2D eigenvalue weighted by Crippen LogP contribution is 2.33. The first kappa shape index (κ1) is 26.7. The van der Waals surface area contributed by atoms with E-state index in [1.165, 1.54) is 33.5 Å². The molecular formula is C28H29N3O7S. The quantitative estimate of drug-likeness (QED) is 0.457. The third-order valence-corrected chi connectivity index (χ3v) is 8.38. The van der Waals surface area contributed by atoms with Gasteiger partial charge in [-0.25, -0.2) is 8.42 Å². The number of ether oxygens (including phenoxy) is 3. The van der Waals surface area contributed by atoms with Gasteiger partial charge in [-0.3, -0.25) is 9.59 Å². The average molecular weight is 552 g/mol. The van der Waals surface area contributed by atoms with Gasteiger partial charge in [0.1, 0.15) is 11.5 Å². The molecule has 0 aromatic heterocycles. The molecule has 2 amide bonds. The van der Waals surface area contributed by atoms with Crippen LogP contribution in [0.25, 0.3) is 0 Å². The van der Waals surface area contributed by atoms with Crippen molar-refractivity contribution in [1.29, 1.82) is 0 Å². The van der Waals surface area contributed by atoms with Crippen molar-refractivity contribution in [2.24, 2.45) is 0 Å². The summed E-state index contributed by atoms with van der Waals surface area (Å²) in [7, 11) is -3.63. The summed E-state index contributed by atoms with van der Waals surface area (Å²) in [5, 5.41) is 2.87. The van der Waals surface area contributed by atoms with E-state index in [0.29, 0.717) is 50.0 Å². The summed E-state index contributed by atoms with van der Waals surface area (Å²) in [6, 6.07) is 22.5. The second-order valence-corrected chi connectivity index (χ2v) is 11.0. The van der Waals surface area contributed by atoms with Gasteiger partial charge in [0, 0.05) is 19.6 Å². The van der Waals surface area contributed by atoms with E-state index in [2.05, 4.69) is 5.32 Å². The number of carbonyl (C=O) groups is 2. The zero-order chi connectivity index (χ0) is 27.2. The Labute approximate surface area is 227 Å². The standard InChI is InChI=1S/C28H29N3O7S/c32-27(20-37-22-10-12-23(13-11-22)39(34,35)30-14-16-36-17-15-30)31-19-26(38-25-9-5-4-8-24(25)31)28(33)29-18-21-6-2-1-3-7-21/h1-13,26H,14-20H2,(H,29,33). The summed E-state index contributed by atoms with van der Waals surface area (Å²) in [6.45, 7) is 1.41. The average Bonchev–Trinajstić information content (AvgIpc) is 2.99. The summed E-state index contributed by atoms with van der Waals surface area (Å²) >= 11 is 0. The minimum Gasteiger partial charge on any atom is -0.484 e. The van der Waals surface area contributed by atoms with E-state index >= 15 is 0 Å². The Kier molecular flexibility index (Phi) is 8.10. The first-order chi connectivity index (χ1) is 18.9. The van der Waals surface area contributed by atoms with E-state index < -0.39 is 16.1 Å². The van der Waals surface area contributed by atoms with Crippen LogP contribution in [0.3, 0.4) is 0 Å². The molecule has 5 rings (SSSR count). The Balaban J connectivity index is 1.22. The van der Waals surface area contributed by atoms with Gasteiger partial charge in [-0.05, 0) is 42.0 Å². The summed E-state index contributed by atoms with van der Waals surface area (Å²) < 4.78 is 43.9. The molecule has 204 valence electrons. The first-order valence-electron chi connectivity index (χ1n) is 12.6. The number of nitrogens with one attached hydrogen (secondary N) is 1. The Morgan fingerprint density at radius 3 is 2.36 bits per heavy atom. The van der Waals surface area contributed by atoms with E-state index in [9.17, 15) is 18.0 Å². The summed E-state index contributed by atoms with van der Waals surface area (Å²) in [5.74, 6) is 0.0818. The number of morpholine rings is 1. The Bertz CT molecular complexity index is 1410. The summed E-state index contributed by atoms with van der Waals surface area (Å²) in [5.41, 5.74) is 1.50. The fourth-order valence-corrected chi connectivity index (χ4v) is 5.78. The lowest BCUT2D eigenvalue weighted by atomic mass is 10.1. The molecule has 1 fully saturated rings. The number of sulfonamides is 1. The number of para-hydroxylation sites is 2. The van der Waals surface area contributed by atoms with Crippen LogP contribution in [0.4, 0.5) is 5.69 Å². The molecule has 1 atom stereocenters. The van der Waals surface area contributed by atoms with Crippen molar-refractivity contribution in [3.05, 3.63) is 84.4 Å². The van der Waals surface area contributed by atoms with E-state index in [1.807, 2.05) is 30.3 Å². The molecule has 3 aromatic carbocycles. The highest BCUT2D eigenvalue weighted by Gasteiger charge is 2.34. The number of amides is 2. The largest absolute Gasteiger partial charge is 0.484 e. The fourth-order valence-electron chi connectivity index (χ4n) is 4.37. The van der Waals surface area contributed by atoms with Gasteiger partial charge >= 0.3 is 0 Å². The molecule has 0 aliphatic carbocycles. The number of anilines is 1. The minimum atomic E-state index is -3.63. The molecule has 2 heterocycles. The van der Waals surface area contributed by atoms with Crippen molar-refractivity contribution in [3.63, 3.8) is 0 Å². The topological polar surface area (TPSA) is 114 Å². The zero-order valence-electron chi connectivity index (χ0n) is 21.2. The third kappa shape index (κ3) is 6.22. The normalized spacial score (nSPS) is 17.5. The molecule has 3 aromatic rings. The van der Waals surface area contributed by atoms with Crippen LogP contribution in [0.15, 0.2) is 83.8 Å². The van der Waals surface area contributed by atoms with Gasteiger partial charge < -0.3 is 24.4 Å². The number of rotatable bonds is 8. The predicted molar refractivity (Wildman–Crippen MR) is 143 cm³/mol. The SMILES string of the molecule is O=C(NCc1ccccc1)C1CN(C(=O)COc2ccc(S(=O)(=O)N3CCOCC3)cc2)c2ccccc2O1. The monoisotopic (exact) mass is 551 g/mol. The van der Waals surface area contributed by atoms with Crippen LogP contribution >= 0.6 is 0 Å². The molecule has 1 saturated heterocycles. The molecule has 1 unspecified atom stereocenters. The van der Waals surface area contributed by atoms with Gasteiger partial charge in [-0.2, -0.15) is 4.31 Å². The Hall–Kier alpha value is -3.93. The first-order valence-corrected chi connectivity index (χ1v) is 14.0. The molecule has 0 saturated carbocycles. The van der Waals surface area contributed by atoms with Gasteiger partial charge in [0.05, 0.1) is 30.3 Å². The van der Waals surface area contributed by atoms with Crippen LogP contribution in [0.1, 0.15) is 5.56 Å². The van der Waals surface area contributed by atoms with Gasteiger partial charge in [0.2, 0.25) is 10.0 Å². The Morgan fingerprint density at radius 2 is 1.62 bits per heavy atom. The van der Waals surface area contributed by atoms with Gasteiger partial charge in [-0.15, -0.1) is 0 Å². The highest BCUT2D eigenvalue weighted by atomic mass is 32.2. The van der Waals surface area contributed by atoms with Crippen molar-refractivity contribution < 1.29 is 32.2 Å². The molecule has 1 N–H and O–H groups in total. The van der Waals surface area contributed by atoms with Crippen molar-refractivity contribution in [2.45, 2.75) is 17.5 Å². The van der Waals surface area contributed by atoms with Gasteiger partial charge in [0.25, 0.3) is 11.8 Å². The van der Waals surface area contributed by atoms with E-state index in [-0.39, 0.29) is 29.9 Å². The van der Waals surface area contributed by atoms with Gasteiger partial charge in [0.15, 0.2) is 12.7 Å². The molecule has 11 heteroatoms. The van der Waals surface area contributed by atoms with Crippen LogP contribution in [-0.2, 0) is 30.9 Å². The third-order valence-electron chi connectivity index (χ3n) is 6.47. The molecule has 10 nitrogen and oxygen atoms in total. The van der Waals surface area contributed by atoms with Crippen LogP contribution in [0, 0.1) is 0 Å². The molecule has 2 aliphatic rings. The second kappa shape index (κ2) is 11.9. The van der Waals surface area contributed by atoms with Crippen LogP contribution in [0.5, 0.6) is 11.5 Å². The van der Waals surface area contributed by atoms with Crippen molar-refractivity contribution in [1.82, 2.24) is 9.62 Å². The number of hydrogen-bond acceptors (Lipinski definition) is 7. The number of benzene rings is 3. The lowest BCUT2D eigenvalue weighted by Gasteiger charge is -2.34. The Morgan fingerprint density at radius 1 is 0.923 bits per heavy atom.